The molecule has 0 amide bonds. The summed E-state index contributed by atoms with van der Waals surface area (Å²) in [6.45, 7) is 1.16. The lowest BCUT2D eigenvalue weighted by atomic mass is 10.0. The Morgan fingerprint density at radius 2 is 2.30 bits per heavy atom. The molecule has 1 atom stereocenters. The van der Waals surface area contributed by atoms with Crippen molar-refractivity contribution in [2.24, 2.45) is 0 Å². The summed E-state index contributed by atoms with van der Waals surface area (Å²) in [7, 11) is 0. The van der Waals surface area contributed by atoms with Crippen molar-refractivity contribution in [1.82, 2.24) is 5.32 Å². The summed E-state index contributed by atoms with van der Waals surface area (Å²) < 4.78 is 0. The van der Waals surface area contributed by atoms with Crippen LogP contribution in [0.5, 0.6) is 0 Å². The first-order chi connectivity index (χ1) is 4.43. The molecule has 10 heavy (non-hydrogen) atoms. The van der Waals surface area contributed by atoms with Crippen LogP contribution in [0.3, 0.4) is 0 Å². The maximum atomic E-state index is 5.17. The van der Waals surface area contributed by atoms with Gasteiger partial charge in [0.2, 0.25) is 0 Å². The van der Waals surface area contributed by atoms with E-state index in [1.807, 2.05) is 0 Å². The molecule has 0 saturated carbocycles. The first-order valence-corrected chi connectivity index (χ1v) is 3.60. The molecular formula is C8H14ClN. The van der Waals surface area contributed by atoms with Crippen molar-refractivity contribution in [2.45, 2.75) is 31.7 Å². The fourth-order valence-electron chi connectivity index (χ4n) is 1.24. The topological polar surface area (TPSA) is 12.0 Å². The smallest absolute Gasteiger partial charge is 0.0240 e. The van der Waals surface area contributed by atoms with Gasteiger partial charge in [-0.05, 0) is 19.4 Å². The lowest BCUT2D eigenvalue weighted by Crippen LogP contribution is -2.33. The van der Waals surface area contributed by atoms with Gasteiger partial charge in [-0.1, -0.05) is 6.42 Å². The van der Waals surface area contributed by atoms with E-state index < -0.39 is 0 Å². The quantitative estimate of drug-likeness (QED) is 0.573. The van der Waals surface area contributed by atoms with E-state index in [0.29, 0.717) is 6.04 Å². The predicted molar refractivity (Wildman–Crippen MR) is 46.3 cm³/mol. The average Bonchev–Trinajstić information content (AvgIpc) is 1.91. The second-order valence-electron chi connectivity index (χ2n) is 2.56. The van der Waals surface area contributed by atoms with Gasteiger partial charge in [-0.15, -0.1) is 24.8 Å². The molecular weight excluding hydrogens is 146 g/mol. The Bertz CT molecular complexity index is 111. The maximum absolute atomic E-state index is 5.17. The molecule has 1 unspecified atom stereocenters. The molecule has 1 fully saturated rings. The molecule has 1 heterocycles. The zero-order chi connectivity index (χ0) is 6.53. The molecule has 0 radical (unpaired) electrons. The molecule has 2 heteroatoms. The largest absolute Gasteiger partial charge is 0.313 e. The molecule has 0 bridgehead atoms. The molecule has 0 spiro atoms. The number of hydrogen-bond acceptors (Lipinski definition) is 1. The second kappa shape index (κ2) is 5.58. The van der Waals surface area contributed by atoms with Crippen LogP contribution in [0, 0.1) is 12.3 Å². The Kier molecular flexibility index (Phi) is 5.48. The molecule has 1 aliphatic rings. The van der Waals surface area contributed by atoms with Gasteiger partial charge in [0.05, 0.1) is 0 Å². The highest BCUT2D eigenvalue weighted by Crippen LogP contribution is 2.08. The molecule has 0 aromatic heterocycles. The number of halogens is 1. The minimum atomic E-state index is 0. The van der Waals surface area contributed by atoms with Crippen molar-refractivity contribution in [3.63, 3.8) is 0 Å². The van der Waals surface area contributed by atoms with Gasteiger partial charge < -0.3 is 5.32 Å². The predicted octanol–water partition coefficient (Wildman–Crippen LogP) is 1.57. The highest BCUT2D eigenvalue weighted by atomic mass is 35.5. The lowest BCUT2D eigenvalue weighted by molar-refractivity contribution is 0.407. The third-order valence-electron chi connectivity index (χ3n) is 1.78. The van der Waals surface area contributed by atoms with Gasteiger partial charge in [-0.3, -0.25) is 0 Å². The Morgan fingerprint density at radius 3 is 2.80 bits per heavy atom. The van der Waals surface area contributed by atoms with Crippen molar-refractivity contribution < 1.29 is 0 Å². The minimum Gasteiger partial charge on any atom is -0.313 e. The van der Waals surface area contributed by atoms with Crippen molar-refractivity contribution in [3.8, 4) is 12.3 Å². The van der Waals surface area contributed by atoms with Crippen LogP contribution in [0.4, 0.5) is 0 Å². The fourth-order valence-corrected chi connectivity index (χ4v) is 1.24. The number of nitrogens with one attached hydrogen (secondary N) is 1. The van der Waals surface area contributed by atoms with Gasteiger partial charge in [-0.2, -0.15) is 0 Å². The molecule has 0 aromatic rings. The van der Waals surface area contributed by atoms with Gasteiger partial charge in [0, 0.05) is 12.5 Å². The SMILES string of the molecule is C#CCC1CCCCN1.Cl. The fraction of sp³-hybridized carbons (Fsp3) is 0.750. The Labute approximate surface area is 69.0 Å². The van der Waals surface area contributed by atoms with E-state index in [9.17, 15) is 0 Å². The van der Waals surface area contributed by atoms with Crippen molar-refractivity contribution in [1.29, 1.82) is 0 Å². The molecule has 1 rings (SSSR count). The zero-order valence-electron chi connectivity index (χ0n) is 6.10. The summed E-state index contributed by atoms with van der Waals surface area (Å²) in [5.74, 6) is 2.67. The monoisotopic (exact) mass is 159 g/mol. The summed E-state index contributed by atoms with van der Waals surface area (Å²) in [6.07, 6.45) is 10.0. The maximum Gasteiger partial charge on any atom is 0.0240 e. The Hall–Kier alpha value is -0.190. The van der Waals surface area contributed by atoms with Gasteiger partial charge in [0.25, 0.3) is 0 Å². The van der Waals surface area contributed by atoms with Crippen molar-refractivity contribution in [3.05, 3.63) is 0 Å². The normalized spacial score (nSPS) is 24.5. The van der Waals surface area contributed by atoms with Crippen LogP contribution >= 0.6 is 12.4 Å². The average molecular weight is 160 g/mol. The van der Waals surface area contributed by atoms with E-state index in [-0.39, 0.29) is 12.4 Å². The number of piperidine rings is 1. The van der Waals surface area contributed by atoms with Gasteiger partial charge in [0.1, 0.15) is 0 Å². The van der Waals surface area contributed by atoms with Crippen LogP contribution in [0.1, 0.15) is 25.7 Å². The summed E-state index contributed by atoms with van der Waals surface area (Å²) in [5.41, 5.74) is 0. The van der Waals surface area contributed by atoms with E-state index in [2.05, 4.69) is 11.2 Å². The summed E-state index contributed by atoms with van der Waals surface area (Å²) in [5, 5.41) is 3.38. The molecule has 1 saturated heterocycles. The van der Waals surface area contributed by atoms with Crippen LogP contribution in [0.15, 0.2) is 0 Å². The van der Waals surface area contributed by atoms with E-state index in [1.54, 1.807) is 0 Å². The van der Waals surface area contributed by atoms with E-state index in [4.69, 9.17) is 6.42 Å². The van der Waals surface area contributed by atoms with Crippen LogP contribution in [0.25, 0.3) is 0 Å². The first-order valence-electron chi connectivity index (χ1n) is 3.60. The van der Waals surface area contributed by atoms with Crippen LogP contribution in [-0.4, -0.2) is 12.6 Å². The number of hydrogen-bond donors (Lipinski definition) is 1. The number of rotatable bonds is 1. The van der Waals surface area contributed by atoms with Crippen molar-refractivity contribution >= 4 is 12.4 Å². The Morgan fingerprint density at radius 1 is 1.50 bits per heavy atom. The summed E-state index contributed by atoms with van der Waals surface area (Å²) in [6, 6.07) is 0.615. The molecule has 1 nitrogen and oxygen atoms in total. The van der Waals surface area contributed by atoms with Gasteiger partial charge in [0.15, 0.2) is 0 Å². The molecule has 1 N–H and O–H groups in total. The lowest BCUT2D eigenvalue weighted by Gasteiger charge is -2.20. The van der Waals surface area contributed by atoms with Crippen molar-refractivity contribution in [2.75, 3.05) is 6.54 Å². The zero-order valence-corrected chi connectivity index (χ0v) is 6.91. The molecule has 1 aliphatic heterocycles. The highest BCUT2D eigenvalue weighted by molar-refractivity contribution is 5.85. The van der Waals surface area contributed by atoms with Gasteiger partial charge >= 0.3 is 0 Å². The minimum absolute atomic E-state index is 0. The van der Waals surface area contributed by atoms with Crippen LogP contribution in [0.2, 0.25) is 0 Å². The molecule has 0 aromatic carbocycles. The molecule has 0 aliphatic carbocycles. The first kappa shape index (κ1) is 9.81. The van der Waals surface area contributed by atoms with E-state index in [0.717, 1.165) is 13.0 Å². The molecule has 58 valence electrons. The highest BCUT2D eigenvalue weighted by Gasteiger charge is 2.09. The van der Waals surface area contributed by atoms with Gasteiger partial charge in [-0.25, -0.2) is 0 Å². The second-order valence-corrected chi connectivity index (χ2v) is 2.56. The van der Waals surface area contributed by atoms with E-state index in [1.165, 1.54) is 19.3 Å². The third kappa shape index (κ3) is 3.10. The summed E-state index contributed by atoms with van der Waals surface area (Å²) in [4.78, 5) is 0. The van der Waals surface area contributed by atoms with E-state index >= 15 is 0 Å². The standard InChI is InChI=1S/C8H13N.ClH/c1-2-5-8-6-3-4-7-9-8;/h1,8-9H,3-7H2;1H. The Balaban J connectivity index is 0.000000810. The van der Waals surface area contributed by atoms with Crippen LogP contribution < -0.4 is 5.32 Å². The summed E-state index contributed by atoms with van der Waals surface area (Å²) >= 11 is 0. The third-order valence-corrected chi connectivity index (χ3v) is 1.78. The van der Waals surface area contributed by atoms with Crippen LogP contribution in [-0.2, 0) is 0 Å². The number of terminal acetylenes is 1.